The van der Waals surface area contributed by atoms with Crippen LogP contribution in [-0.2, 0) is 9.59 Å². The van der Waals surface area contributed by atoms with Crippen molar-refractivity contribution in [2.75, 3.05) is 0 Å². The van der Waals surface area contributed by atoms with Gasteiger partial charge in [-0.2, -0.15) is 0 Å². The van der Waals surface area contributed by atoms with Crippen molar-refractivity contribution < 1.29 is 9.59 Å². The number of hydrogen-bond donors (Lipinski definition) is 1. The summed E-state index contributed by atoms with van der Waals surface area (Å²) in [5, 5.41) is 3.07. The fourth-order valence-corrected chi connectivity index (χ4v) is 2.23. The first-order chi connectivity index (χ1) is 7.16. The molecule has 1 amide bonds. The lowest BCUT2D eigenvalue weighted by Crippen LogP contribution is -2.40. The maximum absolute atomic E-state index is 11.8. The number of carbonyl (C=O) groups excluding carboxylic acids is 2. The average Bonchev–Trinajstić information content (AvgIpc) is 3.04. The SMILES string of the molecule is CC(C(=O)NC1CCC(=O)CC1)C1CC1. The second-order valence-corrected chi connectivity index (χ2v) is 4.95. The lowest BCUT2D eigenvalue weighted by molar-refractivity contribution is -0.127. The van der Waals surface area contributed by atoms with Crippen LogP contribution in [0.2, 0.25) is 0 Å². The van der Waals surface area contributed by atoms with Gasteiger partial charge in [0.2, 0.25) is 5.91 Å². The maximum atomic E-state index is 11.8. The van der Waals surface area contributed by atoms with E-state index in [9.17, 15) is 9.59 Å². The number of ketones is 1. The van der Waals surface area contributed by atoms with Gasteiger partial charge in [0, 0.05) is 24.8 Å². The Balaban J connectivity index is 1.75. The largest absolute Gasteiger partial charge is 0.353 e. The molecule has 3 heteroatoms. The van der Waals surface area contributed by atoms with E-state index in [2.05, 4.69) is 5.32 Å². The minimum atomic E-state index is 0.169. The van der Waals surface area contributed by atoms with E-state index in [0.717, 1.165) is 12.8 Å². The molecule has 3 nitrogen and oxygen atoms in total. The number of nitrogens with one attached hydrogen (secondary N) is 1. The van der Waals surface area contributed by atoms with E-state index >= 15 is 0 Å². The monoisotopic (exact) mass is 209 g/mol. The molecule has 0 saturated heterocycles. The van der Waals surface area contributed by atoms with Crippen molar-refractivity contribution in [2.24, 2.45) is 11.8 Å². The van der Waals surface area contributed by atoms with Gasteiger partial charge in [-0.05, 0) is 31.6 Å². The van der Waals surface area contributed by atoms with E-state index < -0.39 is 0 Å². The van der Waals surface area contributed by atoms with E-state index in [1.165, 1.54) is 12.8 Å². The normalized spacial score (nSPS) is 25.0. The van der Waals surface area contributed by atoms with Crippen molar-refractivity contribution in [1.82, 2.24) is 5.32 Å². The van der Waals surface area contributed by atoms with Crippen molar-refractivity contribution in [3.8, 4) is 0 Å². The average molecular weight is 209 g/mol. The maximum Gasteiger partial charge on any atom is 0.223 e. The first-order valence-corrected chi connectivity index (χ1v) is 5.99. The summed E-state index contributed by atoms with van der Waals surface area (Å²) in [5.74, 6) is 1.32. The summed E-state index contributed by atoms with van der Waals surface area (Å²) < 4.78 is 0. The molecular formula is C12H19NO2. The molecule has 1 N–H and O–H groups in total. The predicted octanol–water partition coefficient (Wildman–Crippen LogP) is 1.66. The molecule has 84 valence electrons. The zero-order valence-corrected chi connectivity index (χ0v) is 9.29. The van der Waals surface area contributed by atoms with Crippen molar-refractivity contribution in [3.05, 3.63) is 0 Å². The van der Waals surface area contributed by atoms with Crippen molar-refractivity contribution in [3.63, 3.8) is 0 Å². The minimum absolute atomic E-state index is 0.169. The van der Waals surface area contributed by atoms with Crippen LogP contribution in [0, 0.1) is 11.8 Å². The molecule has 0 spiro atoms. The summed E-state index contributed by atoms with van der Waals surface area (Å²) in [6, 6.07) is 0.247. The van der Waals surface area contributed by atoms with E-state index in [1.807, 2.05) is 6.92 Å². The molecule has 15 heavy (non-hydrogen) atoms. The molecule has 0 aliphatic heterocycles. The Morgan fingerprint density at radius 2 is 1.87 bits per heavy atom. The molecule has 0 heterocycles. The Morgan fingerprint density at radius 3 is 2.40 bits per heavy atom. The van der Waals surface area contributed by atoms with Crippen LogP contribution in [0.3, 0.4) is 0 Å². The third-order valence-corrected chi connectivity index (χ3v) is 3.63. The summed E-state index contributed by atoms with van der Waals surface area (Å²) in [5.41, 5.74) is 0. The molecule has 1 unspecified atom stereocenters. The van der Waals surface area contributed by atoms with Gasteiger partial charge in [-0.15, -0.1) is 0 Å². The quantitative estimate of drug-likeness (QED) is 0.768. The van der Waals surface area contributed by atoms with Crippen LogP contribution >= 0.6 is 0 Å². The third-order valence-electron chi connectivity index (χ3n) is 3.63. The van der Waals surface area contributed by atoms with Gasteiger partial charge < -0.3 is 5.32 Å². The fraction of sp³-hybridized carbons (Fsp3) is 0.833. The van der Waals surface area contributed by atoms with Crippen molar-refractivity contribution in [1.29, 1.82) is 0 Å². The highest BCUT2D eigenvalue weighted by atomic mass is 16.2. The summed E-state index contributed by atoms with van der Waals surface area (Å²) in [6.07, 6.45) is 5.37. The van der Waals surface area contributed by atoms with E-state index in [4.69, 9.17) is 0 Å². The van der Waals surface area contributed by atoms with Crippen LogP contribution in [-0.4, -0.2) is 17.7 Å². The van der Waals surface area contributed by atoms with Crippen molar-refractivity contribution >= 4 is 11.7 Å². The topological polar surface area (TPSA) is 46.2 Å². The molecule has 2 aliphatic rings. The highest BCUT2D eigenvalue weighted by molar-refractivity contribution is 5.81. The highest BCUT2D eigenvalue weighted by Gasteiger charge is 2.33. The molecule has 2 fully saturated rings. The summed E-state index contributed by atoms with van der Waals surface area (Å²) in [6.45, 7) is 2.01. The zero-order chi connectivity index (χ0) is 10.8. The molecule has 2 rings (SSSR count). The highest BCUT2D eigenvalue weighted by Crippen LogP contribution is 2.36. The summed E-state index contributed by atoms with van der Waals surface area (Å²) in [7, 11) is 0. The van der Waals surface area contributed by atoms with E-state index in [0.29, 0.717) is 24.5 Å². The second-order valence-electron chi connectivity index (χ2n) is 4.95. The van der Waals surface area contributed by atoms with Crippen LogP contribution in [0.15, 0.2) is 0 Å². The second kappa shape index (κ2) is 4.33. The number of amides is 1. The number of Topliss-reactive ketones (excluding diaryl/α,β-unsaturated/α-hetero) is 1. The van der Waals surface area contributed by atoms with Gasteiger partial charge >= 0.3 is 0 Å². The molecule has 0 aromatic heterocycles. The molecule has 0 radical (unpaired) electrons. The van der Waals surface area contributed by atoms with Crippen LogP contribution in [0.4, 0.5) is 0 Å². The van der Waals surface area contributed by atoms with Gasteiger partial charge in [0.05, 0.1) is 0 Å². The van der Waals surface area contributed by atoms with Gasteiger partial charge in [0.1, 0.15) is 5.78 Å². The third kappa shape index (κ3) is 2.80. The molecular weight excluding hydrogens is 190 g/mol. The Morgan fingerprint density at radius 1 is 1.27 bits per heavy atom. The molecule has 0 aromatic rings. The molecule has 1 atom stereocenters. The Labute approximate surface area is 90.6 Å². The van der Waals surface area contributed by atoms with Gasteiger partial charge in [0.25, 0.3) is 0 Å². The lowest BCUT2D eigenvalue weighted by Gasteiger charge is -2.23. The minimum Gasteiger partial charge on any atom is -0.353 e. The van der Waals surface area contributed by atoms with Crippen molar-refractivity contribution in [2.45, 2.75) is 51.5 Å². The molecule has 0 bridgehead atoms. The van der Waals surface area contributed by atoms with Crippen LogP contribution in [0.5, 0.6) is 0 Å². The Kier molecular flexibility index (Phi) is 3.08. The van der Waals surface area contributed by atoms with Crippen LogP contribution in [0.25, 0.3) is 0 Å². The Bertz CT molecular complexity index is 261. The van der Waals surface area contributed by atoms with Gasteiger partial charge in [-0.3, -0.25) is 9.59 Å². The molecule has 2 saturated carbocycles. The number of carbonyl (C=O) groups is 2. The standard InChI is InChI=1S/C12H19NO2/c1-8(9-2-3-9)12(15)13-10-4-6-11(14)7-5-10/h8-10H,2-7H2,1H3,(H,13,15). The van der Waals surface area contributed by atoms with Crippen LogP contribution < -0.4 is 5.32 Å². The van der Waals surface area contributed by atoms with E-state index in [1.54, 1.807) is 0 Å². The number of hydrogen-bond acceptors (Lipinski definition) is 2. The van der Waals surface area contributed by atoms with Crippen LogP contribution in [0.1, 0.15) is 45.4 Å². The zero-order valence-electron chi connectivity index (χ0n) is 9.29. The lowest BCUT2D eigenvalue weighted by atomic mass is 9.93. The summed E-state index contributed by atoms with van der Waals surface area (Å²) in [4.78, 5) is 22.8. The smallest absolute Gasteiger partial charge is 0.223 e. The Hall–Kier alpha value is -0.860. The number of rotatable bonds is 3. The first-order valence-electron chi connectivity index (χ1n) is 5.99. The summed E-state index contributed by atoms with van der Waals surface area (Å²) >= 11 is 0. The molecule has 2 aliphatic carbocycles. The van der Waals surface area contributed by atoms with Gasteiger partial charge in [-0.25, -0.2) is 0 Å². The van der Waals surface area contributed by atoms with Gasteiger partial charge in [-0.1, -0.05) is 6.92 Å². The van der Waals surface area contributed by atoms with Gasteiger partial charge in [0.15, 0.2) is 0 Å². The molecule has 0 aromatic carbocycles. The van der Waals surface area contributed by atoms with E-state index in [-0.39, 0.29) is 17.9 Å². The first kappa shape index (κ1) is 10.7. The predicted molar refractivity (Wildman–Crippen MR) is 57.3 cm³/mol. The fourth-order valence-electron chi connectivity index (χ4n) is 2.23.